The minimum absolute atomic E-state index is 0.0667. The van der Waals surface area contributed by atoms with E-state index < -0.39 is 27.3 Å². The predicted molar refractivity (Wildman–Crippen MR) is 119 cm³/mol. The number of aromatic nitrogens is 2. The molecule has 1 heterocycles. The zero-order valence-electron chi connectivity index (χ0n) is 18.2. The molecular formula is C21H31N3O6S. The first-order valence-electron chi connectivity index (χ1n) is 10.3. The van der Waals surface area contributed by atoms with Gasteiger partial charge in [0.1, 0.15) is 12.5 Å². The van der Waals surface area contributed by atoms with Crippen LogP contribution in [0.4, 0.5) is 0 Å². The highest BCUT2D eigenvalue weighted by Gasteiger charge is 2.16. The Morgan fingerprint density at radius 3 is 2.68 bits per heavy atom. The van der Waals surface area contributed by atoms with Crippen molar-refractivity contribution in [2.24, 2.45) is 0 Å². The number of rotatable bonds is 13. The molecule has 0 aliphatic carbocycles. The van der Waals surface area contributed by atoms with Gasteiger partial charge in [-0.05, 0) is 44.4 Å². The lowest BCUT2D eigenvalue weighted by atomic mass is 10.1. The van der Waals surface area contributed by atoms with E-state index in [-0.39, 0.29) is 31.6 Å². The van der Waals surface area contributed by atoms with Gasteiger partial charge in [0, 0.05) is 24.9 Å². The SMILES string of the molecule is CCC[C@@H](C)Oc1cccc([C@@H](C)NS(=O)(=O)CCCOCn2ccc(=O)[nH]c2=O)c1. The molecule has 0 saturated heterocycles. The second-order valence-corrected chi connectivity index (χ2v) is 9.29. The van der Waals surface area contributed by atoms with Crippen molar-refractivity contribution in [1.29, 1.82) is 0 Å². The smallest absolute Gasteiger partial charge is 0.330 e. The third kappa shape index (κ3) is 8.68. The Hall–Kier alpha value is -2.43. The van der Waals surface area contributed by atoms with Crippen molar-refractivity contribution in [2.75, 3.05) is 12.4 Å². The van der Waals surface area contributed by atoms with Crippen LogP contribution in [0.2, 0.25) is 0 Å². The van der Waals surface area contributed by atoms with E-state index in [2.05, 4.69) is 16.6 Å². The summed E-state index contributed by atoms with van der Waals surface area (Å²) in [4.78, 5) is 24.7. The Labute approximate surface area is 182 Å². The molecule has 2 atom stereocenters. The van der Waals surface area contributed by atoms with E-state index in [1.807, 2.05) is 31.2 Å². The third-order valence-electron chi connectivity index (χ3n) is 4.58. The van der Waals surface area contributed by atoms with Gasteiger partial charge in [0.2, 0.25) is 10.0 Å². The van der Waals surface area contributed by atoms with Gasteiger partial charge in [0.15, 0.2) is 0 Å². The molecule has 10 heteroatoms. The largest absolute Gasteiger partial charge is 0.491 e. The first-order valence-corrected chi connectivity index (χ1v) is 12.0. The monoisotopic (exact) mass is 453 g/mol. The third-order valence-corrected chi connectivity index (χ3v) is 6.11. The number of aromatic amines is 1. The molecule has 2 aromatic rings. The van der Waals surface area contributed by atoms with Gasteiger partial charge in [-0.2, -0.15) is 0 Å². The van der Waals surface area contributed by atoms with E-state index in [0.29, 0.717) is 0 Å². The molecule has 2 rings (SSSR count). The molecule has 0 amide bonds. The number of benzene rings is 1. The molecule has 2 N–H and O–H groups in total. The molecule has 31 heavy (non-hydrogen) atoms. The summed E-state index contributed by atoms with van der Waals surface area (Å²) < 4.78 is 39.9. The van der Waals surface area contributed by atoms with E-state index in [0.717, 1.165) is 24.2 Å². The summed E-state index contributed by atoms with van der Waals surface area (Å²) >= 11 is 0. The van der Waals surface area contributed by atoms with Gasteiger partial charge in [0.25, 0.3) is 5.56 Å². The lowest BCUT2D eigenvalue weighted by Gasteiger charge is -2.18. The summed E-state index contributed by atoms with van der Waals surface area (Å²) in [6, 6.07) is 8.23. The van der Waals surface area contributed by atoms with Crippen LogP contribution in [0.15, 0.2) is 46.1 Å². The van der Waals surface area contributed by atoms with E-state index in [4.69, 9.17) is 9.47 Å². The van der Waals surface area contributed by atoms with Gasteiger partial charge in [-0.1, -0.05) is 25.5 Å². The maximum atomic E-state index is 12.4. The van der Waals surface area contributed by atoms with Gasteiger partial charge in [0.05, 0.1) is 11.9 Å². The molecule has 0 spiro atoms. The number of H-pyrrole nitrogens is 1. The summed E-state index contributed by atoms with van der Waals surface area (Å²) in [6.07, 6.45) is 3.66. The number of nitrogens with zero attached hydrogens (tertiary/aromatic N) is 1. The second-order valence-electron chi connectivity index (χ2n) is 7.42. The molecule has 0 fully saturated rings. The predicted octanol–water partition coefficient (Wildman–Crippen LogP) is 2.15. The van der Waals surface area contributed by atoms with Gasteiger partial charge in [-0.3, -0.25) is 14.3 Å². The molecule has 1 aromatic heterocycles. The quantitative estimate of drug-likeness (QED) is 0.449. The Balaban J connectivity index is 1.81. The van der Waals surface area contributed by atoms with E-state index in [9.17, 15) is 18.0 Å². The molecule has 0 aliphatic heterocycles. The molecule has 0 bridgehead atoms. The van der Waals surface area contributed by atoms with E-state index in [1.165, 1.54) is 16.8 Å². The lowest BCUT2D eigenvalue weighted by Crippen LogP contribution is -2.30. The highest BCUT2D eigenvalue weighted by atomic mass is 32.2. The van der Waals surface area contributed by atoms with Crippen LogP contribution in [-0.2, 0) is 21.5 Å². The van der Waals surface area contributed by atoms with Crippen LogP contribution < -0.4 is 20.7 Å². The maximum Gasteiger partial charge on any atom is 0.330 e. The number of ether oxygens (including phenoxy) is 2. The fourth-order valence-electron chi connectivity index (χ4n) is 3.01. The minimum Gasteiger partial charge on any atom is -0.491 e. The zero-order valence-corrected chi connectivity index (χ0v) is 19.0. The topological polar surface area (TPSA) is 119 Å². The van der Waals surface area contributed by atoms with Crippen LogP contribution >= 0.6 is 0 Å². The standard InChI is InChI=1S/C21H31N3O6S/c1-4-7-16(2)30-19-9-5-8-18(14-19)17(3)23-31(27,28)13-6-12-29-15-24-11-10-20(25)22-21(24)26/h5,8-11,14,16-17,23H,4,6-7,12-13,15H2,1-3H3,(H,22,25,26)/t16-,17-/m1/s1. The molecule has 172 valence electrons. The minimum atomic E-state index is -3.52. The van der Waals surface area contributed by atoms with E-state index in [1.54, 1.807) is 6.92 Å². The molecule has 0 saturated carbocycles. The first-order chi connectivity index (χ1) is 14.7. The molecular weight excluding hydrogens is 422 g/mol. The Bertz CT molecular complexity index is 1050. The summed E-state index contributed by atoms with van der Waals surface area (Å²) in [5, 5.41) is 0. The zero-order chi connectivity index (χ0) is 22.9. The number of sulfonamides is 1. The maximum absolute atomic E-state index is 12.4. The average molecular weight is 454 g/mol. The molecule has 9 nitrogen and oxygen atoms in total. The molecule has 0 aliphatic rings. The normalized spacial score (nSPS) is 13.6. The highest BCUT2D eigenvalue weighted by Crippen LogP contribution is 2.21. The average Bonchev–Trinajstić information content (AvgIpc) is 2.69. The van der Waals surface area contributed by atoms with Crippen LogP contribution in [0.1, 0.15) is 51.6 Å². The van der Waals surface area contributed by atoms with Crippen LogP contribution in [-0.4, -0.2) is 36.4 Å². The van der Waals surface area contributed by atoms with Crippen molar-refractivity contribution in [1.82, 2.24) is 14.3 Å². The first kappa shape index (κ1) is 24.8. The van der Waals surface area contributed by atoms with Crippen LogP contribution in [0.5, 0.6) is 5.75 Å². The Morgan fingerprint density at radius 1 is 1.19 bits per heavy atom. The van der Waals surface area contributed by atoms with Crippen molar-refractivity contribution in [3.05, 3.63) is 62.9 Å². The van der Waals surface area contributed by atoms with Crippen molar-refractivity contribution in [3.8, 4) is 5.75 Å². The van der Waals surface area contributed by atoms with Crippen LogP contribution in [0.25, 0.3) is 0 Å². The van der Waals surface area contributed by atoms with Crippen LogP contribution in [0.3, 0.4) is 0 Å². The van der Waals surface area contributed by atoms with Crippen molar-refractivity contribution in [2.45, 2.75) is 58.9 Å². The summed E-state index contributed by atoms with van der Waals surface area (Å²) in [5.74, 6) is 0.608. The van der Waals surface area contributed by atoms with Crippen LogP contribution in [0, 0.1) is 0 Å². The molecule has 1 aromatic carbocycles. The Morgan fingerprint density at radius 2 is 1.97 bits per heavy atom. The van der Waals surface area contributed by atoms with Gasteiger partial charge >= 0.3 is 5.69 Å². The van der Waals surface area contributed by atoms with Crippen molar-refractivity contribution in [3.63, 3.8) is 0 Å². The van der Waals surface area contributed by atoms with E-state index >= 15 is 0 Å². The van der Waals surface area contributed by atoms with Gasteiger partial charge < -0.3 is 9.47 Å². The molecule has 0 unspecified atom stereocenters. The van der Waals surface area contributed by atoms with Crippen molar-refractivity contribution >= 4 is 10.0 Å². The summed E-state index contributed by atoms with van der Waals surface area (Å²) in [5.41, 5.74) is -0.246. The fourth-order valence-corrected chi connectivity index (χ4v) is 4.30. The van der Waals surface area contributed by atoms with Gasteiger partial charge in [-0.25, -0.2) is 17.9 Å². The van der Waals surface area contributed by atoms with Gasteiger partial charge in [-0.15, -0.1) is 0 Å². The second kappa shape index (κ2) is 11.8. The summed E-state index contributed by atoms with van der Waals surface area (Å²) in [6.45, 7) is 5.98. The number of nitrogens with one attached hydrogen (secondary N) is 2. The number of hydrogen-bond donors (Lipinski definition) is 2. The fraction of sp³-hybridized carbons (Fsp3) is 0.524. The van der Waals surface area contributed by atoms with Crippen molar-refractivity contribution < 1.29 is 17.9 Å². The highest BCUT2D eigenvalue weighted by molar-refractivity contribution is 7.89. The Kier molecular flexibility index (Phi) is 9.47. The number of hydrogen-bond acceptors (Lipinski definition) is 6. The molecule has 0 radical (unpaired) electrons. The lowest BCUT2D eigenvalue weighted by molar-refractivity contribution is 0.0744. The summed E-state index contributed by atoms with van der Waals surface area (Å²) in [7, 11) is -3.52.